The fourth-order valence-electron chi connectivity index (χ4n) is 1.47. The molecule has 1 aliphatic rings. The molecule has 1 atom stereocenters. The standard InChI is InChI=1S/C8H14N4O/c1-10-8(11-6-9)12-4-2-3-7(13)5-12/h7,13H,2-5H2,1H3,(H,10,11). The monoisotopic (exact) mass is 182 g/mol. The van der Waals surface area contributed by atoms with Crippen molar-refractivity contribution in [3.63, 3.8) is 0 Å². The Morgan fingerprint density at radius 3 is 3.08 bits per heavy atom. The number of aliphatic hydroxyl groups excluding tert-OH is 1. The molecule has 0 spiro atoms. The van der Waals surface area contributed by atoms with E-state index in [-0.39, 0.29) is 6.10 Å². The number of aliphatic hydroxyl groups is 1. The Morgan fingerprint density at radius 2 is 2.54 bits per heavy atom. The van der Waals surface area contributed by atoms with Crippen LogP contribution in [0.2, 0.25) is 0 Å². The van der Waals surface area contributed by atoms with E-state index in [1.54, 1.807) is 7.05 Å². The van der Waals surface area contributed by atoms with Crippen LogP contribution in [0.4, 0.5) is 0 Å². The second-order valence-electron chi connectivity index (χ2n) is 3.03. The first-order valence-corrected chi connectivity index (χ1v) is 4.33. The van der Waals surface area contributed by atoms with Crippen LogP contribution in [0.1, 0.15) is 12.8 Å². The van der Waals surface area contributed by atoms with Crippen LogP contribution in [-0.2, 0) is 0 Å². The molecule has 1 saturated heterocycles. The smallest absolute Gasteiger partial charge is 0.207 e. The summed E-state index contributed by atoms with van der Waals surface area (Å²) in [6.45, 7) is 1.40. The average Bonchev–Trinajstić information content (AvgIpc) is 2.14. The van der Waals surface area contributed by atoms with Gasteiger partial charge in [-0.15, -0.1) is 0 Å². The first-order valence-electron chi connectivity index (χ1n) is 4.33. The van der Waals surface area contributed by atoms with E-state index < -0.39 is 0 Å². The third kappa shape index (κ3) is 2.60. The lowest BCUT2D eigenvalue weighted by molar-refractivity contribution is 0.102. The summed E-state index contributed by atoms with van der Waals surface area (Å²) in [5.74, 6) is 0.543. The Morgan fingerprint density at radius 1 is 1.77 bits per heavy atom. The molecule has 0 bridgehead atoms. The van der Waals surface area contributed by atoms with E-state index in [1.807, 2.05) is 11.1 Å². The van der Waals surface area contributed by atoms with Crippen molar-refractivity contribution in [1.29, 1.82) is 5.26 Å². The number of likely N-dealkylation sites (tertiary alicyclic amines) is 1. The fraction of sp³-hybridized carbons (Fsp3) is 0.750. The summed E-state index contributed by atoms with van der Waals surface area (Å²) in [4.78, 5) is 5.82. The number of rotatable bonds is 0. The summed E-state index contributed by atoms with van der Waals surface area (Å²) in [5, 5.41) is 20.3. The van der Waals surface area contributed by atoms with Gasteiger partial charge in [0.25, 0.3) is 0 Å². The van der Waals surface area contributed by atoms with Crippen molar-refractivity contribution in [2.75, 3.05) is 20.1 Å². The molecular weight excluding hydrogens is 168 g/mol. The molecule has 5 nitrogen and oxygen atoms in total. The molecule has 1 unspecified atom stereocenters. The summed E-state index contributed by atoms with van der Waals surface area (Å²) in [6.07, 6.45) is 3.30. The first-order chi connectivity index (χ1) is 6.27. The van der Waals surface area contributed by atoms with E-state index in [4.69, 9.17) is 5.26 Å². The van der Waals surface area contributed by atoms with E-state index >= 15 is 0 Å². The quantitative estimate of drug-likeness (QED) is 0.229. The van der Waals surface area contributed by atoms with Crippen LogP contribution in [0.3, 0.4) is 0 Å². The van der Waals surface area contributed by atoms with Crippen molar-refractivity contribution in [2.24, 2.45) is 4.99 Å². The lowest BCUT2D eigenvalue weighted by Crippen LogP contribution is -2.46. The van der Waals surface area contributed by atoms with Crippen molar-refractivity contribution < 1.29 is 5.11 Å². The van der Waals surface area contributed by atoms with Gasteiger partial charge in [-0.3, -0.25) is 10.3 Å². The number of hydrogen-bond donors (Lipinski definition) is 2. The molecule has 0 amide bonds. The zero-order chi connectivity index (χ0) is 9.68. The van der Waals surface area contributed by atoms with E-state index in [9.17, 15) is 5.11 Å². The number of hydrogen-bond acceptors (Lipinski definition) is 3. The second kappa shape index (κ2) is 4.67. The molecule has 1 heterocycles. The molecule has 0 saturated carbocycles. The van der Waals surface area contributed by atoms with E-state index in [0.717, 1.165) is 19.4 Å². The van der Waals surface area contributed by atoms with Crippen LogP contribution in [0.15, 0.2) is 4.99 Å². The van der Waals surface area contributed by atoms with Crippen LogP contribution in [0.5, 0.6) is 0 Å². The van der Waals surface area contributed by atoms with Gasteiger partial charge in [0.15, 0.2) is 6.19 Å². The van der Waals surface area contributed by atoms with Crippen molar-refractivity contribution in [1.82, 2.24) is 10.2 Å². The van der Waals surface area contributed by atoms with Gasteiger partial charge < -0.3 is 10.0 Å². The summed E-state index contributed by atoms with van der Waals surface area (Å²) >= 11 is 0. The molecule has 1 rings (SSSR count). The predicted molar refractivity (Wildman–Crippen MR) is 48.9 cm³/mol. The van der Waals surface area contributed by atoms with Crippen LogP contribution < -0.4 is 5.32 Å². The number of aliphatic imine (C=N–C) groups is 1. The Hall–Kier alpha value is -1.28. The van der Waals surface area contributed by atoms with Crippen molar-refractivity contribution >= 4 is 5.96 Å². The van der Waals surface area contributed by atoms with E-state index in [2.05, 4.69) is 10.3 Å². The van der Waals surface area contributed by atoms with Gasteiger partial charge in [0.2, 0.25) is 5.96 Å². The molecule has 2 N–H and O–H groups in total. The molecule has 0 radical (unpaired) electrons. The number of guanidine groups is 1. The molecular formula is C8H14N4O. The molecule has 1 fully saturated rings. The summed E-state index contributed by atoms with van der Waals surface area (Å²) in [5.41, 5.74) is 0. The molecule has 72 valence electrons. The Kier molecular flexibility index (Phi) is 3.53. The molecule has 5 heteroatoms. The zero-order valence-corrected chi connectivity index (χ0v) is 7.69. The fourth-order valence-corrected chi connectivity index (χ4v) is 1.47. The van der Waals surface area contributed by atoms with Gasteiger partial charge in [-0.1, -0.05) is 0 Å². The third-order valence-corrected chi connectivity index (χ3v) is 2.08. The molecule has 0 aromatic rings. The van der Waals surface area contributed by atoms with E-state index in [1.165, 1.54) is 0 Å². The minimum absolute atomic E-state index is 0.300. The number of piperidine rings is 1. The zero-order valence-electron chi connectivity index (χ0n) is 7.69. The lowest BCUT2D eigenvalue weighted by Gasteiger charge is -2.31. The van der Waals surface area contributed by atoms with Gasteiger partial charge >= 0.3 is 0 Å². The van der Waals surface area contributed by atoms with Gasteiger partial charge in [-0.05, 0) is 12.8 Å². The Bertz CT molecular complexity index is 233. The van der Waals surface area contributed by atoms with Crippen molar-refractivity contribution in [3.05, 3.63) is 0 Å². The minimum Gasteiger partial charge on any atom is -0.391 e. The van der Waals surface area contributed by atoms with Crippen LogP contribution in [0, 0.1) is 11.5 Å². The maximum atomic E-state index is 9.38. The van der Waals surface area contributed by atoms with Gasteiger partial charge in [-0.25, -0.2) is 0 Å². The Balaban J connectivity index is 2.54. The van der Waals surface area contributed by atoms with Crippen LogP contribution >= 0.6 is 0 Å². The van der Waals surface area contributed by atoms with Gasteiger partial charge in [0.1, 0.15) is 0 Å². The normalized spacial score (nSPS) is 23.9. The highest BCUT2D eigenvalue weighted by atomic mass is 16.3. The highest BCUT2D eigenvalue weighted by Gasteiger charge is 2.19. The number of nitrogens with one attached hydrogen (secondary N) is 1. The predicted octanol–water partition coefficient (Wildman–Crippen LogP) is -0.500. The van der Waals surface area contributed by atoms with Gasteiger partial charge in [0.05, 0.1) is 6.10 Å². The molecule has 0 aliphatic carbocycles. The maximum absolute atomic E-state index is 9.38. The average molecular weight is 182 g/mol. The lowest BCUT2D eigenvalue weighted by atomic mass is 10.1. The highest BCUT2D eigenvalue weighted by Crippen LogP contribution is 2.09. The van der Waals surface area contributed by atoms with E-state index in [0.29, 0.717) is 12.5 Å². The third-order valence-electron chi connectivity index (χ3n) is 2.08. The molecule has 0 aromatic carbocycles. The largest absolute Gasteiger partial charge is 0.391 e. The number of nitriles is 1. The molecule has 0 aromatic heterocycles. The second-order valence-corrected chi connectivity index (χ2v) is 3.03. The minimum atomic E-state index is -0.300. The topological polar surface area (TPSA) is 71.7 Å². The molecule has 13 heavy (non-hydrogen) atoms. The van der Waals surface area contributed by atoms with Crippen molar-refractivity contribution in [2.45, 2.75) is 18.9 Å². The Labute approximate surface area is 77.7 Å². The summed E-state index contributed by atoms with van der Waals surface area (Å²) in [7, 11) is 1.63. The summed E-state index contributed by atoms with van der Waals surface area (Å²) in [6, 6.07) is 0. The number of nitrogens with zero attached hydrogens (tertiary/aromatic N) is 3. The highest BCUT2D eigenvalue weighted by molar-refractivity contribution is 5.81. The van der Waals surface area contributed by atoms with Crippen LogP contribution in [0.25, 0.3) is 0 Å². The van der Waals surface area contributed by atoms with Gasteiger partial charge in [-0.2, -0.15) is 5.26 Å². The van der Waals surface area contributed by atoms with Crippen molar-refractivity contribution in [3.8, 4) is 6.19 Å². The van der Waals surface area contributed by atoms with Gasteiger partial charge in [0, 0.05) is 20.1 Å². The van der Waals surface area contributed by atoms with Crippen LogP contribution in [-0.4, -0.2) is 42.2 Å². The first kappa shape index (κ1) is 9.81. The number of β-amino-alcohol motifs (C(OH)–C–C–N with tert-alkyl or cyclic N) is 1. The summed E-state index contributed by atoms with van der Waals surface area (Å²) < 4.78 is 0. The SMILES string of the molecule is CN=C(NC#N)N1CCCC(O)C1. The molecule has 1 aliphatic heterocycles. The maximum Gasteiger partial charge on any atom is 0.207 e.